The van der Waals surface area contributed by atoms with E-state index in [1.807, 2.05) is 0 Å². The van der Waals surface area contributed by atoms with Crippen LogP contribution in [0.1, 0.15) is 24.9 Å². The zero-order valence-electron chi connectivity index (χ0n) is 12.6. The van der Waals surface area contributed by atoms with E-state index >= 15 is 0 Å². The molecule has 0 aromatic heterocycles. The van der Waals surface area contributed by atoms with Crippen LogP contribution in [0.4, 0.5) is 0 Å². The normalized spacial score (nSPS) is 19.1. The van der Waals surface area contributed by atoms with E-state index in [4.69, 9.17) is 0 Å². The monoisotopic (exact) mass is 339 g/mol. The van der Waals surface area contributed by atoms with Crippen LogP contribution in [-0.2, 0) is 0 Å². The number of piperazine rings is 1. The zero-order chi connectivity index (χ0) is 14.4. The van der Waals surface area contributed by atoms with E-state index in [0.29, 0.717) is 6.04 Å². The number of likely N-dealkylation sites (N-methyl/N-ethyl adjacent to an activating group) is 1. The average molecular weight is 340 g/mol. The highest BCUT2D eigenvalue weighted by molar-refractivity contribution is 9.10. The molecule has 1 aromatic carbocycles. The van der Waals surface area contributed by atoms with Crippen molar-refractivity contribution >= 4 is 15.9 Å². The predicted octanol–water partition coefficient (Wildman–Crippen LogP) is 2.74. The van der Waals surface area contributed by atoms with Crippen LogP contribution in [0.15, 0.2) is 28.7 Å². The topological polar surface area (TPSA) is 18.5 Å². The maximum Gasteiger partial charge on any atom is 0.0343 e. The molecule has 1 aliphatic heterocycles. The first-order chi connectivity index (χ1) is 9.70. The first-order valence-corrected chi connectivity index (χ1v) is 8.38. The molecule has 0 radical (unpaired) electrons. The molecule has 1 fully saturated rings. The SMILES string of the molecule is CCNC(CCN1CCN(C)CC1)c1ccccc1Br. The second-order valence-corrected chi connectivity index (χ2v) is 6.42. The minimum absolute atomic E-state index is 0.440. The molecule has 0 aliphatic carbocycles. The third-order valence-corrected chi connectivity index (χ3v) is 4.78. The Morgan fingerprint density at radius 2 is 1.90 bits per heavy atom. The Balaban J connectivity index is 1.91. The van der Waals surface area contributed by atoms with Crippen molar-refractivity contribution in [1.29, 1.82) is 0 Å². The van der Waals surface area contributed by atoms with Crippen LogP contribution in [0, 0.1) is 0 Å². The van der Waals surface area contributed by atoms with Crippen LogP contribution in [-0.4, -0.2) is 56.1 Å². The van der Waals surface area contributed by atoms with Crippen molar-refractivity contribution in [3.8, 4) is 0 Å². The second-order valence-electron chi connectivity index (χ2n) is 5.57. The molecule has 1 atom stereocenters. The molecule has 1 N–H and O–H groups in total. The number of nitrogens with one attached hydrogen (secondary N) is 1. The lowest BCUT2D eigenvalue weighted by Crippen LogP contribution is -2.45. The van der Waals surface area contributed by atoms with E-state index in [0.717, 1.165) is 6.54 Å². The fourth-order valence-electron chi connectivity index (χ4n) is 2.75. The molecular weight excluding hydrogens is 314 g/mol. The molecule has 112 valence electrons. The third kappa shape index (κ3) is 4.55. The summed E-state index contributed by atoms with van der Waals surface area (Å²) in [6.45, 7) is 9.15. The van der Waals surface area contributed by atoms with Crippen LogP contribution < -0.4 is 5.32 Å². The molecule has 3 nitrogen and oxygen atoms in total. The molecule has 2 rings (SSSR count). The lowest BCUT2D eigenvalue weighted by atomic mass is 10.0. The van der Waals surface area contributed by atoms with Crippen molar-refractivity contribution < 1.29 is 0 Å². The molecule has 0 spiro atoms. The van der Waals surface area contributed by atoms with Crippen LogP contribution in [0.25, 0.3) is 0 Å². The maximum absolute atomic E-state index is 3.68. The largest absolute Gasteiger partial charge is 0.310 e. The maximum atomic E-state index is 3.68. The van der Waals surface area contributed by atoms with Gasteiger partial charge >= 0.3 is 0 Å². The van der Waals surface area contributed by atoms with Gasteiger partial charge in [-0.3, -0.25) is 0 Å². The molecule has 1 heterocycles. The van der Waals surface area contributed by atoms with Gasteiger partial charge < -0.3 is 15.1 Å². The van der Waals surface area contributed by atoms with E-state index in [1.165, 1.54) is 49.2 Å². The van der Waals surface area contributed by atoms with E-state index in [-0.39, 0.29) is 0 Å². The third-order valence-electron chi connectivity index (χ3n) is 4.06. The summed E-state index contributed by atoms with van der Waals surface area (Å²) in [5, 5.41) is 3.62. The molecule has 1 unspecified atom stereocenters. The van der Waals surface area contributed by atoms with E-state index < -0.39 is 0 Å². The van der Waals surface area contributed by atoms with Crippen LogP contribution in [0.3, 0.4) is 0 Å². The Labute approximate surface area is 131 Å². The molecule has 1 saturated heterocycles. The molecule has 1 aliphatic rings. The van der Waals surface area contributed by atoms with Crippen molar-refractivity contribution in [2.75, 3.05) is 46.3 Å². The first-order valence-electron chi connectivity index (χ1n) is 7.59. The van der Waals surface area contributed by atoms with Crippen molar-refractivity contribution in [1.82, 2.24) is 15.1 Å². The molecule has 4 heteroatoms. The van der Waals surface area contributed by atoms with Gasteiger partial charge in [0.2, 0.25) is 0 Å². The van der Waals surface area contributed by atoms with Gasteiger partial charge in [0.1, 0.15) is 0 Å². The lowest BCUT2D eigenvalue weighted by Gasteiger charge is -2.33. The van der Waals surface area contributed by atoms with Gasteiger partial charge in [-0.15, -0.1) is 0 Å². The molecule has 0 bridgehead atoms. The van der Waals surface area contributed by atoms with Gasteiger partial charge in [-0.05, 0) is 31.6 Å². The number of hydrogen-bond donors (Lipinski definition) is 1. The summed E-state index contributed by atoms with van der Waals surface area (Å²) in [7, 11) is 2.21. The second kappa shape index (κ2) is 8.13. The van der Waals surface area contributed by atoms with Gasteiger partial charge in [-0.1, -0.05) is 41.1 Å². The summed E-state index contributed by atoms with van der Waals surface area (Å²) in [4.78, 5) is 4.99. The summed E-state index contributed by atoms with van der Waals surface area (Å²) in [6, 6.07) is 9.00. The van der Waals surface area contributed by atoms with Gasteiger partial charge in [0.15, 0.2) is 0 Å². The van der Waals surface area contributed by atoms with Gasteiger partial charge in [0, 0.05) is 43.2 Å². The Hall–Kier alpha value is -0.420. The minimum Gasteiger partial charge on any atom is -0.310 e. The highest BCUT2D eigenvalue weighted by Crippen LogP contribution is 2.25. The quantitative estimate of drug-likeness (QED) is 0.859. The number of rotatable bonds is 6. The number of hydrogen-bond acceptors (Lipinski definition) is 3. The Morgan fingerprint density at radius 3 is 2.55 bits per heavy atom. The summed E-state index contributed by atoms with van der Waals surface area (Å²) in [5.74, 6) is 0. The van der Waals surface area contributed by atoms with Crippen molar-refractivity contribution in [3.05, 3.63) is 34.3 Å². The van der Waals surface area contributed by atoms with Gasteiger partial charge in [-0.25, -0.2) is 0 Å². The van der Waals surface area contributed by atoms with Crippen LogP contribution in [0.2, 0.25) is 0 Å². The van der Waals surface area contributed by atoms with Crippen LogP contribution in [0.5, 0.6) is 0 Å². The highest BCUT2D eigenvalue weighted by atomic mass is 79.9. The van der Waals surface area contributed by atoms with Crippen LogP contribution >= 0.6 is 15.9 Å². The van der Waals surface area contributed by atoms with Gasteiger partial charge in [-0.2, -0.15) is 0 Å². The molecule has 0 amide bonds. The van der Waals surface area contributed by atoms with E-state index in [1.54, 1.807) is 0 Å². The molecule has 20 heavy (non-hydrogen) atoms. The summed E-state index contributed by atoms with van der Waals surface area (Å²) >= 11 is 3.68. The highest BCUT2D eigenvalue weighted by Gasteiger charge is 2.17. The fourth-order valence-corrected chi connectivity index (χ4v) is 3.32. The molecular formula is C16H26BrN3. The zero-order valence-corrected chi connectivity index (χ0v) is 14.2. The first kappa shape index (κ1) is 16.0. The number of nitrogens with zero attached hydrogens (tertiary/aromatic N) is 2. The van der Waals surface area contributed by atoms with E-state index in [9.17, 15) is 0 Å². The minimum atomic E-state index is 0.440. The Morgan fingerprint density at radius 1 is 1.20 bits per heavy atom. The van der Waals surface area contributed by atoms with Crippen molar-refractivity contribution in [3.63, 3.8) is 0 Å². The van der Waals surface area contributed by atoms with Crippen molar-refractivity contribution in [2.45, 2.75) is 19.4 Å². The number of halogens is 1. The predicted molar refractivity (Wildman–Crippen MR) is 89.1 cm³/mol. The van der Waals surface area contributed by atoms with Crippen molar-refractivity contribution in [2.24, 2.45) is 0 Å². The van der Waals surface area contributed by atoms with E-state index in [2.05, 4.69) is 69.3 Å². The average Bonchev–Trinajstić information content (AvgIpc) is 2.46. The Bertz CT molecular complexity index is 402. The van der Waals surface area contributed by atoms with Gasteiger partial charge in [0.25, 0.3) is 0 Å². The lowest BCUT2D eigenvalue weighted by molar-refractivity contribution is 0.149. The molecule has 0 saturated carbocycles. The summed E-state index contributed by atoms with van der Waals surface area (Å²) in [6.07, 6.45) is 1.17. The summed E-state index contributed by atoms with van der Waals surface area (Å²) < 4.78 is 1.21. The number of benzene rings is 1. The smallest absolute Gasteiger partial charge is 0.0343 e. The standard InChI is InChI=1S/C16H26BrN3/c1-3-18-16(14-6-4-5-7-15(14)17)8-9-20-12-10-19(2)11-13-20/h4-7,16,18H,3,8-13H2,1-2H3. The molecule has 1 aromatic rings. The Kier molecular flexibility index (Phi) is 6.49. The fraction of sp³-hybridized carbons (Fsp3) is 0.625. The van der Waals surface area contributed by atoms with Gasteiger partial charge in [0.05, 0.1) is 0 Å². The summed E-state index contributed by atoms with van der Waals surface area (Å²) in [5.41, 5.74) is 1.38.